The van der Waals surface area contributed by atoms with Crippen LogP contribution in [0.2, 0.25) is 0 Å². The van der Waals surface area contributed by atoms with Gasteiger partial charge in [0.2, 0.25) is 0 Å². The number of carbonyl (C=O) groups is 1. The van der Waals surface area contributed by atoms with Gasteiger partial charge in [0.1, 0.15) is 0 Å². The zero-order chi connectivity index (χ0) is 20.7. The van der Waals surface area contributed by atoms with Crippen LogP contribution in [0.5, 0.6) is 0 Å². The Labute approximate surface area is 166 Å². The normalized spacial score (nSPS) is 13.1. The number of aromatic nitrogens is 2. The van der Waals surface area contributed by atoms with E-state index in [-0.39, 0.29) is 28.8 Å². The van der Waals surface area contributed by atoms with Gasteiger partial charge in [-0.25, -0.2) is 4.68 Å². The number of anilines is 1. The van der Waals surface area contributed by atoms with Gasteiger partial charge in [-0.1, -0.05) is 38.1 Å². The number of hydrogen-bond acceptors (Lipinski definition) is 5. The van der Waals surface area contributed by atoms with Crippen LogP contribution in [0.1, 0.15) is 29.9 Å². The molecular weight excluding hydrogens is 372 g/mol. The highest BCUT2D eigenvalue weighted by Gasteiger charge is 2.30. The molecule has 0 N–H and O–H groups in total. The summed E-state index contributed by atoms with van der Waals surface area (Å²) in [6, 6.07) is 11.5. The number of nitro groups is 1. The third-order valence-corrected chi connectivity index (χ3v) is 5.03. The molecule has 0 bridgehead atoms. The van der Waals surface area contributed by atoms with Gasteiger partial charge >= 0.3 is 0 Å². The van der Waals surface area contributed by atoms with Crippen LogP contribution in [0.25, 0.3) is 10.8 Å². The van der Waals surface area contributed by atoms with Crippen molar-refractivity contribution in [3.8, 4) is 0 Å². The van der Waals surface area contributed by atoms with E-state index in [1.807, 2.05) is 13.8 Å². The summed E-state index contributed by atoms with van der Waals surface area (Å²) in [6.07, 6.45) is 0.614. The van der Waals surface area contributed by atoms with E-state index in [0.717, 1.165) is 5.56 Å². The number of rotatable bonds is 4. The van der Waals surface area contributed by atoms with Crippen molar-refractivity contribution < 1.29 is 9.72 Å². The largest absolute Gasteiger partial charge is 0.306 e. The third kappa shape index (κ3) is 3.26. The molecule has 3 aromatic rings. The molecule has 8 heteroatoms. The molecule has 0 aliphatic carbocycles. The number of nitrogens with zero attached hydrogens (tertiary/aromatic N) is 4. The van der Waals surface area contributed by atoms with Gasteiger partial charge in [0, 0.05) is 30.6 Å². The van der Waals surface area contributed by atoms with E-state index in [0.29, 0.717) is 36.0 Å². The monoisotopic (exact) mass is 392 g/mol. The van der Waals surface area contributed by atoms with Crippen molar-refractivity contribution >= 4 is 28.1 Å². The van der Waals surface area contributed by atoms with Gasteiger partial charge in [0.25, 0.3) is 17.2 Å². The highest BCUT2D eigenvalue weighted by atomic mass is 16.6. The lowest BCUT2D eigenvalue weighted by molar-refractivity contribution is -0.384. The highest BCUT2D eigenvalue weighted by molar-refractivity contribution is 6.13. The Morgan fingerprint density at radius 1 is 1.21 bits per heavy atom. The molecule has 29 heavy (non-hydrogen) atoms. The predicted octanol–water partition coefficient (Wildman–Crippen LogP) is 3.16. The minimum Gasteiger partial charge on any atom is -0.306 e. The summed E-state index contributed by atoms with van der Waals surface area (Å²) in [4.78, 5) is 38.4. The van der Waals surface area contributed by atoms with Gasteiger partial charge in [-0.15, -0.1) is 0 Å². The van der Waals surface area contributed by atoms with Crippen molar-refractivity contribution in [1.29, 1.82) is 0 Å². The van der Waals surface area contributed by atoms with Crippen LogP contribution >= 0.6 is 0 Å². The van der Waals surface area contributed by atoms with Crippen LogP contribution in [-0.4, -0.2) is 27.2 Å². The van der Waals surface area contributed by atoms with Crippen LogP contribution in [-0.2, 0) is 13.0 Å². The summed E-state index contributed by atoms with van der Waals surface area (Å²) in [7, 11) is 0. The molecule has 1 amide bonds. The van der Waals surface area contributed by atoms with Gasteiger partial charge in [-0.3, -0.25) is 19.7 Å². The van der Waals surface area contributed by atoms with E-state index in [1.165, 1.54) is 21.7 Å². The molecule has 2 heterocycles. The average Bonchev–Trinajstić information content (AvgIpc) is 3.12. The summed E-state index contributed by atoms with van der Waals surface area (Å²) in [6.45, 7) is 4.75. The SMILES string of the molecule is CC(C)Cn1nc(C(=O)N2CCc3ccc([N+](=O)[O-])cc32)c2ccccc2c1=O. The first kappa shape index (κ1) is 18.8. The maximum absolute atomic E-state index is 13.4. The van der Waals surface area contributed by atoms with E-state index in [9.17, 15) is 19.7 Å². The Morgan fingerprint density at radius 2 is 1.93 bits per heavy atom. The second-order valence-corrected chi connectivity index (χ2v) is 7.55. The molecule has 0 atom stereocenters. The van der Waals surface area contributed by atoms with E-state index >= 15 is 0 Å². The fourth-order valence-corrected chi connectivity index (χ4v) is 3.68. The summed E-state index contributed by atoms with van der Waals surface area (Å²) in [5.41, 5.74) is 1.29. The molecule has 1 aliphatic rings. The van der Waals surface area contributed by atoms with Gasteiger partial charge in [-0.05, 0) is 24.0 Å². The zero-order valence-corrected chi connectivity index (χ0v) is 16.2. The van der Waals surface area contributed by atoms with Crippen LogP contribution in [0.15, 0.2) is 47.3 Å². The van der Waals surface area contributed by atoms with Crippen molar-refractivity contribution in [3.05, 3.63) is 74.2 Å². The number of amides is 1. The van der Waals surface area contributed by atoms with Crippen molar-refractivity contribution in [2.24, 2.45) is 5.92 Å². The lowest BCUT2D eigenvalue weighted by atomic mass is 10.1. The van der Waals surface area contributed by atoms with E-state index in [2.05, 4.69) is 5.10 Å². The molecule has 0 saturated heterocycles. The van der Waals surface area contributed by atoms with Crippen LogP contribution < -0.4 is 10.5 Å². The number of benzene rings is 2. The smallest absolute Gasteiger partial charge is 0.279 e. The van der Waals surface area contributed by atoms with Crippen LogP contribution in [0.4, 0.5) is 11.4 Å². The number of non-ortho nitro benzene ring substituents is 1. The van der Waals surface area contributed by atoms with Gasteiger partial charge in [0.15, 0.2) is 5.69 Å². The van der Waals surface area contributed by atoms with Gasteiger partial charge in [-0.2, -0.15) is 5.10 Å². The van der Waals surface area contributed by atoms with Crippen molar-refractivity contribution in [2.75, 3.05) is 11.4 Å². The van der Waals surface area contributed by atoms with E-state index in [4.69, 9.17) is 0 Å². The minimum atomic E-state index is -0.474. The van der Waals surface area contributed by atoms with Gasteiger partial charge in [0.05, 0.1) is 16.0 Å². The molecule has 0 saturated carbocycles. The Bertz CT molecular complexity index is 1200. The van der Waals surface area contributed by atoms with Crippen LogP contribution in [0.3, 0.4) is 0 Å². The maximum Gasteiger partial charge on any atom is 0.279 e. The second kappa shape index (κ2) is 7.12. The average molecular weight is 392 g/mol. The number of hydrogen-bond donors (Lipinski definition) is 0. The lowest BCUT2D eigenvalue weighted by Crippen LogP contribution is -2.34. The first-order valence-corrected chi connectivity index (χ1v) is 9.46. The van der Waals surface area contributed by atoms with Crippen molar-refractivity contribution in [2.45, 2.75) is 26.8 Å². The number of carbonyl (C=O) groups excluding carboxylic acids is 1. The molecule has 1 aliphatic heterocycles. The predicted molar refractivity (Wildman–Crippen MR) is 109 cm³/mol. The molecule has 1 aromatic heterocycles. The Morgan fingerprint density at radius 3 is 2.62 bits per heavy atom. The van der Waals surface area contributed by atoms with Crippen molar-refractivity contribution in [1.82, 2.24) is 9.78 Å². The first-order valence-electron chi connectivity index (χ1n) is 9.46. The molecular formula is C21H20N4O4. The first-order chi connectivity index (χ1) is 13.9. The molecule has 8 nitrogen and oxygen atoms in total. The molecule has 0 unspecified atom stereocenters. The maximum atomic E-state index is 13.4. The topological polar surface area (TPSA) is 98.3 Å². The summed E-state index contributed by atoms with van der Waals surface area (Å²) in [5.74, 6) is -0.183. The molecule has 0 fully saturated rings. The third-order valence-electron chi connectivity index (χ3n) is 5.03. The summed E-state index contributed by atoms with van der Waals surface area (Å²) < 4.78 is 1.34. The van der Waals surface area contributed by atoms with Gasteiger partial charge < -0.3 is 4.90 Å². The Balaban J connectivity index is 1.85. The highest BCUT2D eigenvalue weighted by Crippen LogP contribution is 2.33. The zero-order valence-electron chi connectivity index (χ0n) is 16.2. The lowest BCUT2D eigenvalue weighted by Gasteiger charge is -2.19. The fraction of sp³-hybridized carbons (Fsp3) is 0.286. The van der Waals surface area contributed by atoms with E-state index in [1.54, 1.807) is 30.3 Å². The quantitative estimate of drug-likeness (QED) is 0.502. The summed E-state index contributed by atoms with van der Waals surface area (Å²) in [5, 5.41) is 16.5. The molecule has 4 rings (SSSR count). The Kier molecular flexibility index (Phi) is 4.62. The molecule has 2 aromatic carbocycles. The summed E-state index contributed by atoms with van der Waals surface area (Å²) >= 11 is 0. The second-order valence-electron chi connectivity index (χ2n) is 7.55. The number of nitro benzene ring substituents is 1. The molecule has 148 valence electrons. The van der Waals surface area contributed by atoms with E-state index < -0.39 is 4.92 Å². The Hall–Kier alpha value is -3.55. The number of fused-ring (bicyclic) bond motifs is 2. The van der Waals surface area contributed by atoms with Crippen LogP contribution in [0, 0.1) is 16.0 Å². The minimum absolute atomic E-state index is 0.0638. The standard InChI is InChI=1S/C21H20N4O4/c1-13(2)12-24-20(26)17-6-4-3-5-16(17)19(22-24)21(27)23-10-9-14-7-8-15(25(28)29)11-18(14)23/h3-8,11,13H,9-10,12H2,1-2H3. The fourth-order valence-electron chi connectivity index (χ4n) is 3.68. The molecule has 0 spiro atoms. The molecule has 0 radical (unpaired) electrons. The van der Waals surface area contributed by atoms with Crippen molar-refractivity contribution in [3.63, 3.8) is 0 Å².